The van der Waals surface area contributed by atoms with Gasteiger partial charge in [0, 0.05) is 12.6 Å². The average molecular weight is 301 g/mol. The van der Waals surface area contributed by atoms with Crippen LogP contribution in [0.1, 0.15) is 56.0 Å². The Morgan fingerprint density at radius 1 is 1.27 bits per heavy atom. The van der Waals surface area contributed by atoms with E-state index < -0.39 is 0 Å². The predicted molar refractivity (Wildman–Crippen MR) is 87.6 cm³/mol. The Balaban J connectivity index is 1.63. The van der Waals surface area contributed by atoms with Gasteiger partial charge >= 0.3 is 5.97 Å². The van der Waals surface area contributed by atoms with E-state index in [1.54, 1.807) is 0 Å². The molecule has 1 aromatic carbocycles. The van der Waals surface area contributed by atoms with Gasteiger partial charge in [0.25, 0.3) is 0 Å². The van der Waals surface area contributed by atoms with Crippen LogP contribution in [0.5, 0.6) is 0 Å². The first kappa shape index (κ1) is 15.5. The Hall–Kier alpha value is -1.35. The van der Waals surface area contributed by atoms with Crippen molar-refractivity contribution < 1.29 is 9.53 Å². The molecule has 3 unspecified atom stereocenters. The lowest BCUT2D eigenvalue weighted by molar-refractivity contribution is 0.0600. The first-order chi connectivity index (χ1) is 10.4. The highest BCUT2D eigenvalue weighted by atomic mass is 16.5. The predicted octanol–water partition coefficient (Wildman–Crippen LogP) is 3.78. The lowest BCUT2D eigenvalue weighted by Crippen LogP contribution is -2.44. The lowest BCUT2D eigenvalue weighted by Gasteiger charge is -2.39. The van der Waals surface area contributed by atoms with E-state index in [1.165, 1.54) is 31.9 Å². The van der Waals surface area contributed by atoms with Gasteiger partial charge in [-0.25, -0.2) is 4.79 Å². The summed E-state index contributed by atoms with van der Waals surface area (Å²) in [6.07, 6.45) is 4.02. The van der Waals surface area contributed by atoms with Gasteiger partial charge in [0.15, 0.2) is 0 Å². The molecule has 2 bridgehead atoms. The summed E-state index contributed by atoms with van der Waals surface area (Å²) in [6.45, 7) is 8.21. The molecule has 2 fully saturated rings. The van der Waals surface area contributed by atoms with Crippen molar-refractivity contribution in [3.05, 3.63) is 35.4 Å². The average Bonchev–Trinajstić information content (AvgIpc) is 2.85. The van der Waals surface area contributed by atoms with Crippen LogP contribution in [0, 0.1) is 16.7 Å². The molecule has 0 aliphatic heterocycles. The zero-order valence-corrected chi connectivity index (χ0v) is 14.1. The van der Waals surface area contributed by atoms with Crippen LogP contribution in [0.4, 0.5) is 0 Å². The van der Waals surface area contributed by atoms with Crippen LogP contribution in [0.15, 0.2) is 24.3 Å². The maximum absolute atomic E-state index is 11.5. The number of esters is 1. The van der Waals surface area contributed by atoms with E-state index >= 15 is 0 Å². The Morgan fingerprint density at radius 2 is 1.95 bits per heavy atom. The van der Waals surface area contributed by atoms with Crippen LogP contribution in [-0.2, 0) is 11.3 Å². The molecule has 0 radical (unpaired) electrons. The van der Waals surface area contributed by atoms with Gasteiger partial charge in [-0.2, -0.15) is 0 Å². The minimum absolute atomic E-state index is 0.276. The molecule has 3 heteroatoms. The summed E-state index contributed by atoms with van der Waals surface area (Å²) in [5.74, 6) is 0.582. The minimum Gasteiger partial charge on any atom is -0.465 e. The molecule has 120 valence electrons. The fraction of sp³-hybridized carbons (Fsp3) is 0.632. The van der Waals surface area contributed by atoms with Gasteiger partial charge in [-0.05, 0) is 53.7 Å². The van der Waals surface area contributed by atoms with Crippen LogP contribution in [-0.4, -0.2) is 19.1 Å². The summed E-state index contributed by atoms with van der Waals surface area (Å²) >= 11 is 0. The third-order valence-corrected chi connectivity index (χ3v) is 6.72. The van der Waals surface area contributed by atoms with Crippen LogP contribution in [0.3, 0.4) is 0 Å². The number of nitrogens with one attached hydrogen (secondary N) is 1. The molecule has 1 aromatic rings. The van der Waals surface area contributed by atoms with Crippen LogP contribution >= 0.6 is 0 Å². The molecular formula is C19H27NO2. The summed E-state index contributed by atoms with van der Waals surface area (Å²) in [6, 6.07) is 8.31. The van der Waals surface area contributed by atoms with E-state index in [1.807, 2.05) is 24.3 Å². The fourth-order valence-electron chi connectivity index (χ4n) is 4.63. The van der Waals surface area contributed by atoms with E-state index in [-0.39, 0.29) is 5.97 Å². The molecular weight excluding hydrogens is 274 g/mol. The van der Waals surface area contributed by atoms with Gasteiger partial charge in [0.2, 0.25) is 0 Å². The van der Waals surface area contributed by atoms with Crippen molar-refractivity contribution in [1.29, 1.82) is 0 Å². The van der Waals surface area contributed by atoms with Gasteiger partial charge in [0.05, 0.1) is 12.7 Å². The topological polar surface area (TPSA) is 38.3 Å². The number of rotatable bonds is 4. The van der Waals surface area contributed by atoms with Crippen LogP contribution in [0.2, 0.25) is 0 Å². The Kier molecular flexibility index (Phi) is 3.80. The smallest absolute Gasteiger partial charge is 0.337 e. The maximum Gasteiger partial charge on any atom is 0.337 e. The van der Waals surface area contributed by atoms with Gasteiger partial charge in [0.1, 0.15) is 0 Å². The van der Waals surface area contributed by atoms with Crippen LogP contribution < -0.4 is 5.32 Å². The molecule has 3 nitrogen and oxygen atoms in total. The summed E-state index contributed by atoms with van der Waals surface area (Å²) in [5, 5.41) is 3.77. The molecule has 0 heterocycles. The molecule has 0 aromatic heterocycles. The zero-order valence-electron chi connectivity index (χ0n) is 14.1. The molecule has 3 atom stereocenters. The Bertz CT molecular complexity index is 563. The number of hydrogen-bond acceptors (Lipinski definition) is 3. The quantitative estimate of drug-likeness (QED) is 0.860. The SMILES string of the molecule is COC(=O)c1ccc(CNC2CC3CCC2(C)C3(C)C)cc1. The van der Waals surface area contributed by atoms with Gasteiger partial charge in [-0.1, -0.05) is 32.9 Å². The number of benzene rings is 1. The molecule has 22 heavy (non-hydrogen) atoms. The summed E-state index contributed by atoms with van der Waals surface area (Å²) in [4.78, 5) is 11.5. The van der Waals surface area contributed by atoms with Crippen molar-refractivity contribution in [2.75, 3.05) is 7.11 Å². The third-order valence-electron chi connectivity index (χ3n) is 6.72. The highest BCUT2D eigenvalue weighted by Gasteiger charge is 2.60. The number of ether oxygens (including phenoxy) is 1. The maximum atomic E-state index is 11.5. The normalized spacial score (nSPS) is 32.2. The molecule has 2 saturated carbocycles. The van der Waals surface area contributed by atoms with Gasteiger partial charge < -0.3 is 10.1 Å². The van der Waals surface area contributed by atoms with Crippen molar-refractivity contribution in [2.45, 2.75) is 52.6 Å². The molecule has 0 saturated heterocycles. The van der Waals surface area contributed by atoms with E-state index in [0.29, 0.717) is 22.4 Å². The highest BCUT2D eigenvalue weighted by Crippen LogP contribution is 2.65. The lowest BCUT2D eigenvalue weighted by atomic mass is 9.69. The summed E-state index contributed by atoms with van der Waals surface area (Å²) in [7, 11) is 1.41. The van der Waals surface area contributed by atoms with Crippen molar-refractivity contribution in [3.8, 4) is 0 Å². The van der Waals surface area contributed by atoms with Gasteiger partial charge in [-0.15, -0.1) is 0 Å². The molecule has 2 aliphatic carbocycles. The monoisotopic (exact) mass is 301 g/mol. The standard InChI is InChI=1S/C19H27NO2/c1-18(2)15-9-10-19(18,3)16(11-15)20-12-13-5-7-14(8-6-13)17(21)22-4/h5-8,15-16,20H,9-12H2,1-4H3. The van der Waals surface area contributed by atoms with E-state index in [4.69, 9.17) is 4.74 Å². The largest absolute Gasteiger partial charge is 0.465 e. The third kappa shape index (κ3) is 2.26. The second-order valence-electron chi connectivity index (χ2n) is 7.73. The second kappa shape index (κ2) is 5.38. The van der Waals surface area contributed by atoms with Crippen molar-refractivity contribution in [3.63, 3.8) is 0 Å². The number of carbonyl (C=O) groups excluding carboxylic acids is 1. The second-order valence-corrected chi connectivity index (χ2v) is 7.73. The van der Waals surface area contributed by atoms with E-state index in [2.05, 4.69) is 26.1 Å². The minimum atomic E-state index is -0.276. The van der Waals surface area contributed by atoms with Crippen LogP contribution in [0.25, 0.3) is 0 Å². The van der Waals surface area contributed by atoms with Gasteiger partial charge in [-0.3, -0.25) is 0 Å². The Morgan fingerprint density at radius 3 is 2.45 bits per heavy atom. The van der Waals surface area contributed by atoms with Crippen molar-refractivity contribution >= 4 is 5.97 Å². The summed E-state index contributed by atoms with van der Waals surface area (Å²) < 4.78 is 4.73. The fourth-order valence-corrected chi connectivity index (χ4v) is 4.63. The first-order valence-corrected chi connectivity index (χ1v) is 8.29. The number of carbonyl (C=O) groups is 1. The molecule has 0 spiro atoms. The molecule has 1 N–H and O–H groups in total. The number of hydrogen-bond donors (Lipinski definition) is 1. The first-order valence-electron chi connectivity index (χ1n) is 8.29. The van der Waals surface area contributed by atoms with E-state index in [0.717, 1.165) is 12.5 Å². The number of fused-ring (bicyclic) bond motifs is 2. The molecule has 3 rings (SSSR count). The summed E-state index contributed by atoms with van der Waals surface area (Å²) in [5.41, 5.74) is 2.68. The van der Waals surface area contributed by atoms with Crippen molar-refractivity contribution in [1.82, 2.24) is 5.32 Å². The Labute approximate surface area is 133 Å². The highest BCUT2D eigenvalue weighted by molar-refractivity contribution is 5.89. The molecule has 2 aliphatic rings. The van der Waals surface area contributed by atoms with Crippen molar-refractivity contribution in [2.24, 2.45) is 16.7 Å². The zero-order chi connectivity index (χ0) is 16.0. The van der Waals surface area contributed by atoms with E-state index in [9.17, 15) is 4.79 Å². The number of methoxy groups -OCH3 is 1. The molecule has 0 amide bonds.